The summed E-state index contributed by atoms with van der Waals surface area (Å²) < 4.78 is 5.84. The van der Waals surface area contributed by atoms with E-state index in [1.165, 1.54) is 24.0 Å². The lowest BCUT2D eigenvalue weighted by molar-refractivity contribution is 0.0159. The Bertz CT molecular complexity index is 399. The number of rotatable bonds is 2. The Balaban J connectivity index is 2.23. The molecule has 94 valence electrons. The standard InChI is InChI=1S/C14H18BrClO/c1-9-8-12(16)10(2)7-11(9)14(15)13-5-3-4-6-17-13/h7-8,13-14H,3-6H2,1-2H3. The van der Waals surface area contributed by atoms with Crippen LogP contribution < -0.4 is 0 Å². The van der Waals surface area contributed by atoms with Gasteiger partial charge in [0.2, 0.25) is 0 Å². The molecule has 1 saturated heterocycles. The predicted octanol–water partition coefficient (Wildman–Crippen LogP) is 4.96. The Morgan fingerprint density at radius 3 is 2.71 bits per heavy atom. The molecule has 2 atom stereocenters. The third-order valence-corrected chi connectivity index (χ3v) is 4.88. The van der Waals surface area contributed by atoms with Crippen LogP contribution in [-0.2, 0) is 4.74 Å². The normalized spacial score (nSPS) is 22.5. The summed E-state index contributed by atoms with van der Waals surface area (Å²) in [5.41, 5.74) is 3.67. The third kappa shape index (κ3) is 3.04. The minimum atomic E-state index is 0.277. The zero-order chi connectivity index (χ0) is 12.4. The maximum Gasteiger partial charge on any atom is 0.0741 e. The van der Waals surface area contributed by atoms with Gasteiger partial charge in [0.1, 0.15) is 0 Å². The van der Waals surface area contributed by atoms with Crippen LogP contribution in [0.4, 0.5) is 0 Å². The lowest BCUT2D eigenvalue weighted by atomic mass is 9.96. The van der Waals surface area contributed by atoms with Crippen LogP contribution in [0.5, 0.6) is 0 Å². The lowest BCUT2D eigenvalue weighted by Gasteiger charge is -2.28. The number of alkyl halides is 1. The van der Waals surface area contributed by atoms with Gasteiger partial charge in [0, 0.05) is 11.6 Å². The predicted molar refractivity (Wildman–Crippen MR) is 76.2 cm³/mol. The number of hydrogen-bond acceptors (Lipinski definition) is 1. The van der Waals surface area contributed by atoms with Crippen molar-refractivity contribution in [2.45, 2.75) is 44.0 Å². The summed E-state index contributed by atoms with van der Waals surface area (Å²) in [6, 6.07) is 4.22. The highest BCUT2D eigenvalue weighted by molar-refractivity contribution is 9.09. The molecule has 2 rings (SSSR count). The van der Waals surface area contributed by atoms with E-state index in [-0.39, 0.29) is 4.83 Å². The SMILES string of the molecule is Cc1cc(C(Br)C2CCCCO2)c(C)cc1Cl. The third-order valence-electron chi connectivity index (χ3n) is 3.39. The molecule has 1 aromatic carbocycles. The van der Waals surface area contributed by atoms with Crippen molar-refractivity contribution in [1.29, 1.82) is 0 Å². The van der Waals surface area contributed by atoms with Gasteiger partial charge >= 0.3 is 0 Å². The largest absolute Gasteiger partial charge is 0.377 e. The average molecular weight is 318 g/mol. The fraction of sp³-hybridized carbons (Fsp3) is 0.571. The van der Waals surface area contributed by atoms with Crippen molar-refractivity contribution in [3.05, 3.63) is 33.8 Å². The van der Waals surface area contributed by atoms with Gasteiger partial charge in [0.05, 0.1) is 10.9 Å². The van der Waals surface area contributed by atoms with Crippen LogP contribution in [-0.4, -0.2) is 12.7 Å². The molecule has 2 unspecified atom stereocenters. The molecule has 1 nitrogen and oxygen atoms in total. The van der Waals surface area contributed by atoms with E-state index in [1.54, 1.807) is 0 Å². The Kier molecular flexibility index (Phi) is 4.51. The molecule has 17 heavy (non-hydrogen) atoms. The van der Waals surface area contributed by atoms with E-state index in [4.69, 9.17) is 16.3 Å². The highest BCUT2D eigenvalue weighted by Gasteiger charge is 2.25. The van der Waals surface area contributed by atoms with Crippen LogP contribution in [0.1, 0.15) is 40.8 Å². The van der Waals surface area contributed by atoms with Crippen LogP contribution >= 0.6 is 27.5 Å². The zero-order valence-electron chi connectivity index (χ0n) is 10.3. The topological polar surface area (TPSA) is 9.23 Å². The van der Waals surface area contributed by atoms with Crippen molar-refractivity contribution in [3.63, 3.8) is 0 Å². The molecule has 0 aromatic heterocycles. The minimum Gasteiger partial charge on any atom is -0.377 e. The minimum absolute atomic E-state index is 0.277. The van der Waals surface area contributed by atoms with Gasteiger partial charge in [-0.05, 0) is 55.9 Å². The Labute approximate surface area is 117 Å². The van der Waals surface area contributed by atoms with E-state index < -0.39 is 0 Å². The maximum absolute atomic E-state index is 6.13. The summed E-state index contributed by atoms with van der Waals surface area (Å²) >= 11 is 9.92. The molecular weight excluding hydrogens is 300 g/mol. The van der Waals surface area contributed by atoms with E-state index in [1.807, 2.05) is 13.0 Å². The first-order valence-electron chi connectivity index (χ1n) is 6.12. The molecule has 0 amide bonds. The number of aryl methyl sites for hydroxylation is 2. The van der Waals surface area contributed by atoms with Gasteiger partial charge in [-0.1, -0.05) is 33.6 Å². The molecule has 0 bridgehead atoms. The van der Waals surface area contributed by atoms with Crippen molar-refractivity contribution in [3.8, 4) is 0 Å². The second-order valence-electron chi connectivity index (χ2n) is 4.76. The van der Waals surface area contributed by atoms with Crippen LogP contribution in [0.25, 0.3) is 0 Å². The van der Waals surface area contributed by atoms with Crippen molar-refractivity contribution in [2.75, 3.05) is 6.61 Å². The molecule has 1 aliphatic heterocycles. The Morgan fingerprint density at radius 2 is 2.06 bits per heavy atom. The van der Waals surface area contributed by atoms with Gasteiger partial charge in [-0.3, -0.25) is 0 Å². The molecule has 0 aliphatic carbocycles. The van der Waals surface area contributed by atoms with Crippen molar-refractivity contribution in [1.82, 2.24) is 0 Å². The van der Waals surface area contributed by atoms with Gasteiger partial charge in [-0.25, -0.2) is 0 Å². The molecule has 0 N–H and O–H groups in total. The zero-order valence-corrected chi connectivity index (χ0v) is 12.6. The summed E-state index contributed by atoms with van der Waals surface area (Å²) in [5, 5.41) is 0.843. The number of hydrogen-bond donors (Lipinski definition) is 0. The average Bonchev–Trinajstić information content (AvgIpc) is 2.34. The molecule has 0 radical (unpaired) electrons. The van der Waals surface area contributed by atoms with Gasteiger partial charge in [0.15, 0.2) is 0 Å². The highest BCUT2D eigenvalue weighted by atomic mass is 79.9. The molecule has 0 spiro atoms. The van der Waals surface area contributed by atoms with Crippen molar-refractivity contribution >= 4 is 27.5 Å². The van der Waals surface area contributed by atoms with E-state index in [0.29, 0.717) is 6.10 Å². The van der Waals surface area contributed by atoms with E-state index in [2.05, 4.69) is 28.9 Å². The van der Waals surface area contributed by atoms with Gasteiger partial charge in [-0.2, -0.15) is 0 Å². The summed E-state index contributed by atoms with van der Waals surface area (Å²) in [5.74, 6) is 0. The molecule has 3 heteroatoms. The first-order chi connectivity index (χ1) is 8.09. The summed E-state index contributed by atoms with van der Waals surface area (Å²) in [4.78, 5) is 0.277. The van der Waals surface area contributed by atoms with Crippen LogP contribution in [0.3, 0.4) is 0 Å². The van der Waals surface area contributed by atoms with E-state index in [9.17, 15) is 0 Å². The van der Waals surface area contributed by atoms with Crippen molar-refractivity contribution < 1.29 is 4.74 Å². The first kappa shape index (κ1) is 13.4. The van der Waals surface area contributed by atoms with Crippen molar-refractivity contribution in [2.24, 2.45) is 0 Å². The van der Waals surface area contributed by atoms with E-state index >= 15 is 0 Å². The second kappa shape index (κ2) is 5.73. The quantitative estimate of drug-likeness (QED) is 0.700. The molecule has 0 saturated carbocycles. The Morgan fingerprint density at radius 1 is 1.29 bits per heavy atom. The van der Waals surface area contributed by atoms with E-state index in [0.717, 1.165) is 23.6 Å². The molecule has 1 heterocycles. The maximum atomic E-state index is 6.13. The number of benzene rings is 1. The van der Waals surface area contributed by atoms with Gasteiger partial charge in [0.25, 0.3) is 0 Å². The van der Waals surface area contributed by atoms with Gasteiger partial charge in [-0.15, -0.1) is 0 Å². The fourth-order valence-corrected chi connectivity index (χ4v) is 3.43. The Hall–Kier alpha value is -0.0500. The lowest BCUT2D eigenvalue weighted by Crippen LogP contribution is -2.23. The molecule has 1 aromatic rings. The monoisotopic (exact) mass is 316 g/mol. The van der Waals surface area contributed by atoms with Gasteiger partial charge < -0.3 is 4.74 Å². The number of ether oxygens (including phenoxy) is 1. The summed E-state index contributed by atoms with van der Waals surface area (Å²) in [7, 11) is 0. The van der Waals surface area contributed by atoms with Crippen LogP contribution in [0.2, 0.25) is 5.02 Å². The molecular formula is C14H18BrClO. The molecule has 1 fully saturated rings. The molecule has 1 aliphatic rings. The van der Waals surface area contributed by atoms with Crippen LogP contribution in [0.15, 0.2) is 12.1 Å². The smallest absolute Gasteiger partial charge is 0.0741 e. The number of halogens is 2. The second-order valence-corrected chi connectivity index (χ2v) is 6.16. The van der Waals surface area contributed by atoms with Crippen LogP contribution in [0, 0.1) is 13.8 Å². The highest BCUT2D eigenvalue weighted by Crippen LogP contribution is 2.36. The fourth-order valence-electron chi connectivity index (χ4n) is 2.30. The summed E-state index contributed by atoms with van der Waals surface area (Å²) in [6.07, 6.45) is 3.88. The summed E-state index contributed by atoms with van der Waals surface area (Å²) in [6.45, 7) is 5.04. The first-order valence-corrected chi connectivity index (χ1v) is 7.41.